The Kier molecular flexibility index (Phi) is 2.13. The maximum Gasteiger partial charge on any atom is 0.0575 e. The van der Waals surface area contributed by atoms with Crippen molar-refractivity contribution < 1.29 is 0 Å². The summed E-state index contributed by atoms with van der Waals surface area (Å²) in [7, 11) is 0. The highest BCUT2D eigenvalue weighted by atomic mass is 14.4. The van der Waals surface area contributed by atoms with Crippen LogP contribution < -0.4 is 10.4 Å². The van der Waals surface area contributed by atoms with Crippen LogP contribution in [0.5, 0.6) is 0 Å². The van der Waals surface area contributed by atoms with E-state index >= 15 is 0 Å². The van der Waals surface area contributed by atoms with Crippen LogP contribution >= 0.6 is 0 Å². The first kappa shape index (κ1) is 10.6. The van der Waals surface area contributed by atoms with Crippen molar-refractivity contribution in [2.45, 2.75) is 0 Å². The molecule has 0 fully saturated rings. The number of allylic oxidation sites excluding steroid dienone is 10. The van der Waals surface area contributed by atoms with Crippen molar-refractivity contribution in [1.29, 1.82) is 0 Å². The molecule has 1 unspecified atom stereocenters. The zero-order valence-corrected chi connectivity index (χ0v) is 10.6. The summed E-state index contributed by atoms with van der Waals surface area (Å²) in [6, 6.07) is 8.63. The van der Waals surface area contributed by atoms with E-state index in [1.54, 1.807) is 0 Å². The second-order valence-corrected chi connectivity index (χ2v) is 5.10. The Labute approximate surface area is 112 Å². The van der Waals surface area contributed by atoms with Crippen molar-refractivity contribution in [3.05, 3.63) is 95.0 Å². The van der Waals surface area contributed by atoms with Gasteiger partial charge >= 0.3 is 0 Å². The van der Waals surface area contributed by atoms with E-state index in [0.29, 0.717) is 0 Å². The smallest absolute Gasteiger partial charge is 0.0575 e. The van der Waals surface area contributed by atoms with Crippen LogP contribution in [-0.4, -0.2) is 0 Å². The van der Waals surface area contributed by atoms with Crippen LogP contribution in [-0.2, 0) is 0 Å². The van der Waals surface area contributed by atoms with Crippen LogP contribution in [0, 0.1) is 5.41 Å². The van der Waals surface area contributed by atoms with Crippen LogP contribution in [0.15, 0.2) is 84.5 Å². The standard InChI is InChI=1S/C19H14/c1-2-9-16-14-15-8-3-4-10-17(15)18-11-5-7-13-19(16,18)12-6-1/h1-14H. The van der Waals surface area contributed by atoms with Gasteiger partial charge in [-0.05, 0) is 27.7 Å². The summed E-state index contributed by atoms with van der Waals surface area (Å²) in [6.07, 6.45) is 22.0. The predicted octanol–water partition coefficient (Wildman–Crippen LogP) is 2.80. The van der Waals surface area contributed by atoms with Gasteiger partial charge in [0.1, 0.15) is 0 Å². The molecular weight excluding hydrogens is 228 g/mol. The molecule has 0 nitrogen and oxygen atoms in total. The minimum absolute atomic E-state index is 0.0907. The molecule has 1 spiro atoms. The van der Waals surface area contributed by atoms with Crippen LogP contribution in [0.2, 0.25) is 0 Å². The molecule has 0 saturated heterocycles. The molecule has 0 bridgehead atoms. The van der Waals surface area contributed by atoms with Crippen molar-refractivity contribution in [1.82, 2.24) is 0 Å². The third-order valence-corrected chi connectivity index (χ3v) is 4.08. The van der Waals surface area contributed by atoms with Crippen molar-refractivity contribution in [3.8, 4) is 0 Å². The van der Waals surface area contributed by atoms with Crippen LogP contribution in [0.3, 0.4) is 0 Å². The number of hydrogen-bond acceptors (Lipinski definition) is 0. The summed E-state index contributed by atoms with van der Waals surface area (Å²) in [4.78, 5) is 0. The van der Waals surface area contributed by atoms with Gasteiger partial charge in [-0.25, -0.2) is 0 Å². The lowest BCUT2D eigenvalue weighted by molar-refractivity contribution is 0.801. The summed E-state index contributed by atoms with van der Waals surface area (Å²) in [5, 5.41) is 2.65. The summed E-state index contributed by atoms with van der Waals surface area (Å²) in [5.41, 5.74) is 2.62. The lowest BCUT2D eigenvalue weighted by atomic mass is 9.68. The molecule has 0 amide bonds. The molecule has 3 aliphatic carbocycles. The van der Waals surface area contributed by atoms with E-state index in [4.69, 9.17) is 0 Å². The maximum atomic E-state index is 2.31. The van der Waals surface area contributed by atoms with Gasteiger partial charge in [0.2, 0.25) is 0 Å². The van der Waals surface area contributed by atoms with Gasteiger partial charge in [-0.15, -0.1) is 0 Å². The molecule has 0 saturated carbocycles. The highest BCUT2D eigenvalue weighted by molar-refractivity contribution is 5.82. The van der Waals surface area contributed by atoms with Gasteiger partial charge in [0, 0.05) is 0 Å². The normalized spacial score (nSPS) is 25.9. The SMILES string of the molecule is C1=CC=C2C=c3ccccc3=C3C=CC=CC23C=C1. The summed E-state index contributed by atoms with van der Waals surface area (Å²) >= 11 is 0. The van der Waals surface area contributed by atoms with Gasteiger partial charge < -0.3 is 0 Å². The molecule has 0 N–H and O–H groups in total. The molecule has 0 heteroatoms. The van der Waals surface area contributed by atoms with E-state index in [0.717, 1.165) is 0 Å². The van der Waals surface area contributed by atoms with Crippen molar-refractivity contribution >= 4 is 11.6 Å². The van der Waals surface area contributed by atoms with E-state index in [9.17, 15) is 0 Å². The maximum absolute atomic E-state index is 2.31. The zero-order chi connectivity index (χ0) is 12.7. The fourth-order valence-corrected chi connectivity index (χ4v) is 3.16. The lowest BCUT2D eigenvalue weighted by Gasteiger charge is -2.34. The van der Waals surface area contributed by atoms with E-state index in [-0.39, 0.29) is 5.41 Å². The Morgan fingerprint density at radius 2 is 1.63 bits per heavy atom. The molecule has 90 valence electrons. The number of hydrogen-bond donors (Lipinski definition) is 0. The van der Waals surface area contributed by atoms with Gasteiger partial charge in [-0.3, -0.25) is 0 Å². The average Bonchev–Trinajstić information content (AvgIpc) is 2.66. The number of rotatable bonds is 0. The zero-order valence-electron chi connectivity index (χ0n) is 10.6. The second kappa shape index (κ2) is 3.83. The Hall–Kier alpha value is -2.34. The average molecular weight is 242 g/mol. The van der Waals surface area contributed by atoms with Crippen LogP contribution in [0.1, 0.15) is 0 Å². The van der Waals surface area contributed by atoms with E-state index < -0.39 is 0 Å². The molecule has 1 aromatic carbocycles. The minimum Gasteiger partial charge on any atom is -0.0658 e. The molecular formula is C19H14. The molecule has 0 aliphatic heterocycles. The fourth-order valence-electron chi connectivity index (χ4n) is 3.16. The van der Waals surface area contributed by atoms with Crippen molar-refractivity contribution in [2.24, 2.45) is 5.41 Å². The Morgan fingerprint density at radius 3 is 2.58 bits per heavy atom. The summed E-state index contributed by atoms with van der Waals surface area (Å²) < 4.78 is 0. The van der Waals surface area contributed by atoms with E-state index in [2.05, 4.69) is 85.0 Å². The topological polar surface area (TPSA) is 0 Å². The second-order valence-electron chi connectivity index (χ2n) is 5.10. The van der Waals surface area contributed by atoms with Gasteiger partial charge in [-0.2, -0.15) is 0 Å². The minimum atomic E-state index is -0.0907. The highest BCUT2D eigenvalue weighted by Gasteiger charge is 2.34. The van der Waals surface area contributed by atoms with Crippen LogP contribution in [0.25, 0.3) is 11.6 Å². The molecule has 4 rings (SSSR count). The molecule has 0 heterocycles. The van der Waals surface area contributed by atoms with Crippen molar-refractivity contribution in [3.63, 3.8) is 0 Å². The Balaban J connectivity index is 2.21. The third kappa shape index (κ3) is 1.40. The third-order valence-electron chi connectivity index (χ3n) is 4.08. The first-order chi connectivity index (χ1) is 9.40. The molecule has 3 aliphatic rings. The monoisotopic (exact) mass is 242 g/mol. The summed E-state index contributed by atoms with van der Waals surface area (Å²) in [6.45, 7) is 0. The van der Waals surface area contributed by atoms with E-state index in [1.807, 2.05) is 0 Å². The highest BCUT2D eigenvalue weighted by Crippen LogP contribution is 2.44. The number of benzene rings is 1. The van der Waals surface area contributed by atoms with Gasteiger partial charge in [0.15, 0.2) is 0 Å². The Morgan fingerprint density at radius 1 is 0.789 bits per heavy atom. The largest absolute Gasteiger partial charge is 0.0658 e. The van der Waals surface area contributed by atoms with Gasteiger partial charge in [-0.1, -0.05) is 78.9 Å². The lowest BCUT2D eigenvalue weighted by Crippen LogP contribution is -2.38. The quantitative estimate of drug-likeness (QED) is 0.656. The first-order valence-electron chi connectivity index (χ1n) is 6.64. The predicted molar refractivity (Wildman–Crippen MR) is 80.6 cm³/mol. The Bertz CT molecular complexity index is 810. The first-order valence-corrected chi connectivity index (χ1v) is 6.64. The van der Waals surface area contributed by atoms with Crippen LogP contribution in [0.4, 0.5) is 0 Å². The molecule has 19 heavy (non-hydrogen) atoms. The molecule has 0 aromatic heterocycles. The fraction of sp³-hybridized carbons (Fsp3) is 0.0526. The molecule has 0 radical (unpaired) electrons. The van der Waals surface area contributed by atoms with Gasteiger partial charge in [0.25, 0.3) is 0 Å². The number of fused-ring (bicyclic) bond motifs is 1. The molecule has 1 aromatic rings. The van der Waals surface area contributed by atoms with Gasteiger partial charge in [0.05, 0.1) is 5.41 Å². The summed E-state index contributed by atoms with van der Waals surface area (Å²) in [5.74, 6) is 0. The molecule has 1 atom stereocenters. The van der Waals surface area contributed by atoms with Crippen molar-refractivity contribution in [2.75, 3.05) is 0 Å². The van der Waals surface area contributed by atoms with E-state index in [1.165, 1.54) is 21.6 Å².